The molecule has 0 unspecified atom stereocenters. The molecule has 0 aromatic heterocycles. The quantitative estimate of drug-likeness (QED) is 0.828. The van der Waals surface area contributed by atoms with E-state index in [1.165, 1.54) is 11.1 Å². The van der Waals surface area contributed by atoms with Crippen LogP contribution in [0.25, 0.3) is 0 Å². The van der Waals surface area contributed by atoms with Crippen LogP contribution in [0.4, 0.5) is 0 Å². The van der Waals surface area contributed by atoms with Gasteiger partial charge in [0.1, 0.15) is 5.60 Å². The Morgan fingerprint density at radius 1 is 1.32 bits per heavy atom. The van der Waals surface area contributed by atoms with Crippen LogP contribution in [0.1, 0.15) is 51.3 Å². The first kappa shape index (κ1) is 15.7. The lowest BCUT2D eigenvalue weighted by atomic mass is 10.0. The van der Waals surface area contributed by atoms with Gasteiger partial charge < -0.3 is 10.1 Å². The highest BCUT2D eigenvalue weighted by Gasteiger charge is 2.16. The molecule has 0 heterocycles. The molecule has 3 heteroatoms. The van der Waals surface area contributed by atoms with Crippen LogP contribution >= 0.6 is 0 Å². The van der Waals surface area contributed by atoms with Gasteiger partial charge in [0.2, 0.25) is 0 Å². The zero-order chi connectivity index (χ0) is 14.5. The molecule has 0 aliphatic heterocycles. The minimum absolute atomic E-state index is 0.156. The molecule has 1 aromatic carbocycles. The molecule has 0 bridgehead atoms. The first-order valence-corrected chi connectivity index (χ1v) is 6.80. The van der Waals surface area contributed by atoms with E-state index in [9.17, 15) is 4.79 Å². The molecule has 0 radical (unpaired) electrons. The molecular formula is C16H25NO2. The van der Waals surface area contributed by atoms with Gasteiger partial charge in [-0.3, -0.25) is 4.79 Å². The summed E-state index contributed by atoms with van der Waals surface area (Å²) >= 11 is 0. The van der Waals surface area contributed by atoms with Crippen LogP contribution in [0.3, 0.4) is 0 Å². The molecule has 0 amide bonds. The molecule has 0 saturated heterocycles. The minimum Gasteiger partial charge on any atom is -0.460 e. The zero-order valence-electron chi connectivity index (χ0n) is 12.6. The molecule has 106 valence electrons. The fourth-order valence-electron chi connectivity index (χ4n) is 1.97. The Hall–Kier alpha value is -1.35. The standard InChI is InChI=1S/C16H25NO2/c1-12-8-6-7-9-14(12)13(2)17-11-10-15(18)19-16(3,4)5/h6-9,13,17H,10-11H2,1-5H3/t13-/m0/s1. The van der Waals surface area contributed by atoms with Gasteiger partial charge in [-0.25, -0.2) is 0 Å². The summed E-state index contributed by atoms with van der Waals surface area (Å²) in [5.41, 5.74) is 2.13. The number of carbonyl (C=O) groups excluding carboxylic acids is 1. The minimum atomic E-state index is -0.404. The molecule has 19 heavy (non-hydrogen) atoms. The van der Waals surface area contributed by atoms with Gasteiger partial charge in [0, 0.05) is 12.6 Å². The van der Waals surface area contributed by atoms with Crippen molar-refractivity contribution in [3.05, 3.63) is 35.4 Å². The number of rotatable bonds is 5. The Morgan fingerprint density at radius 2 is 1.95 bits per heavy atom. The van der Waals surface area contributed by atoms with Crippen molar-refractivity contribution in [2.45, 2.75) is 52.7 Å². The van der Waals surface area contributed by atoms with Crippen molar-refractivity contribution >= 4 is 5.97 Å². The Morgan fingerprint density at radius 3 is 2.53 bits per heavy atom. The van der Waals surface area contributed by atoms with Crippen molar-refractivity contribution in [2.24, 2.45) is 0 Å². The van der Waals surface area contributed by atoms with E-state index in [0.29, 0.717) is 13.0 Å². The van der Waals surface area contributed by atoms with Gasteiger partial charge in [0.15, 0.2) is 0 Å². The third-order valence-corrected chi connectivity index (χ3v) is 2.85. The van der Waals surface area contributed by atoms with Crippen LogP contribution in [0.5, 0.6) is 0 Å². The SMILES string of the molecule is Cc1ccccc1[C@H](C)NCCC(=O)OC(C)(C)C. The van der Waals surface area contributed by atoms with Crippen molar-refractivity contribution in [2.75, 3.05) is 6.54 Å². The van der Waals surface area contributed by atoms with Gasteiger partial charge in [0.25, 0.3) is 0 Å². The molecule has 3 nitrogen and oxygen atoms in total. The summed E-state index contributed by atoms with van der Waals surface area (Å²) < 4.78 is 5.27. The predicted molar refractivity (Wildman–Crippen MR) is 78.1 cm³/mol. The van der Waals surface area contributed by atoms with Crippen molar-refractivity contribution in [3.8, 4) is 0 Å². The highest BCUT2D eigenvalue weighted by Crippen LogP contribution is 2.16. The van der Waals surface area contributed by atoms with E-state index in [1.807, 2.05) is 32.9 Å². The fraction of sp³-hybridized carbons (Fsp3) is 0.562. The normalized spacial score (nSPS) is 13.1. The number of carbonyl (C=O) groups is 1. The summed E-state index contributed by atoms with van der Waals surface area (Å²) in [6, 6.07) is 8.52. The van der Waals surface area contributed by atoms with Crippen molar-refractivity contribution in [1.82, 2.24) is 5.32 Å². The first-order chi connectivity index (χ1) is 8.79. The number of benzene rings is 1. The van der Waals surface area contributed by atoms with Crippen LogP contribution in [0.15, 0.2) is 24.3 Å². The lowest BCUT2D eigenvalue weighted by Crippen LogP contribution is -2.28. The zero-order valence-corrected chi connectivity index (χ0v) is 12.6. The van der Waals surface area contributed by atoms with Gasteiger partial charge in [-0.1, -0.05) is 24.3 Å². The van der Waals surface area contributed by atoms with E-state index >= 15 is 0 Å². The van der Waals surface area contributed by atoms with E-state index in [-0.39, 0.29) is 12.0 Å². The van der Waals surface area contributed by atoms with Crippen LogP contribution in [-0.4, -0.2) is 18.1 Å². The van der Waals surface area contributed by atoms with Crippen molar-refractivity contribution in [1.29, 1.82) is 0 Å². The highest BCUT2D eigenvalue weighted by atomic mass is 16.6. The Kier molecular flexibility index (Phi) is 5.55. The number of nitrogens with one attached hydrogen (secondary N) is 1. The second-order valence-electron chi connectivity index (χ2n) is 5.87. The first-order valence-electron chi connectivity index (χ1n) is 6.80. The monoisotopic (exact) mass is 263 g/mol. The maximum atomic E-state index is 11.6. The third-order valence-electron chi connectivity index (χ3n) is 2.85. The molecule has 0 spiro atoms. The topological polar surface area (TPSA) is 38.3 Å². The smallest absolute Gasteiger partial charge is 0.307 e. The largest absolute Gasteiger partial charge is 0.460 e. The lowest BCUT2D eigenvalue weighted by molar-refractivity contribution is -0.154. The van der Waals surface area contributed by atoms with E-state index < -0.39 is 5.60 Å². The van der Waals surface area contributed by atoms with E-state index in [4.69, 9.17) is 4.74 Å². The van der Waals surface area contributed by atoms with Gasteiger partial charge >= 0.3 is 5.97 Å². The summed E-state index contributed by atoms with van der Waals surface area (Å²) in [5.74, 6) is -0.156. The fourth-order valence-corrected chi connectivity index (χ4v) is 1.97. The summed E-state index contributed by atoms with van der Waals surface area (Å²) in [6.45, 7) is 10.5. The molecule has 1 aromatic rings. The maximum absolute atomic E-state index is 11.6. The Labute approximate surface area is 116 Å². The Bertz CT molecular complexity index is 421. The van der Waals surface area contributed by atoms with Crippen LogP contribution in [-0.2, 0) is 9.53 Å². The van der Waals surface area contributed by atoms with Crippen LogP contribution < -0.4 is 5.32 Å². The third kappa shape index (κ3) is 5.88. The Balaban J connectivity index is 2.38. The average Bonchev–Trinajstić information content (AvgIpc) is 2.26. The highest BCUT2D eigenvalue weighted by molar-refractivity contribution is 5.70. The van der Waals surface area contributed by atoms with Gasteiger partial charge in [-0.2, -0.15) is 0 Å². The maximum Gasteiger partial charge on any atom is 0.307 e. The molecule has 0 aliphatic carbocycles. The molecular weight excluding hydrogens is 238 g/mol. The number of hydrogen-bond acceptors (Lipinski definition) is 3. The van der Waals surface area contributed by atoms with E-state index in [1.54, 1.807) is 0 Å². The molecule has 0 fully saturated rings. The molecule has 0 saturated carbocycles. The number of ether oxygens (including phenoxy) is 1. The summed E-state index contributed by atoms with van der Waals surface area (Å²) in [4.78, 5) is 11.6. The second-order valence-corrected chi connectivity index (χ2v) is 5.87. The van der Waals surface area contributed by atoms with Crippen LogP contribution in [0, 0.1) is 6.92 Å². The summed E-state index contributed by atoms with van der Waals surface area (Å²) in [6.07, 6.45) is 0.396. The number of esters is 1. The molecule has 1 rings (SSSR count). The summed E-state index contributed by atoms with van der Waals surface area (Å²) in [7, 11) is 0. The van der Waals surface area contributed by atoms with Crippen molar-refractivity contribution < 1.29 is 9.53 Å². The van der Waals surface area contributed by atoms with E-state index in [0.717, 1.165) is 0 Å². The van der Waals surface area contributed by atoms with Gasteiger partial charge in [-0.15, -0.1) is 0 Å². The molecule has 0 aliphatic rings. The lowest BCUT2D eigenvalue weighted by Gasteiger charge is -2.20. The van der Waals surface area contributed by atoms with Crippen molar-refractivity contribution in [3.63, 3.8) is 0 Å². The van der Waals surface area contributed by atoms with Crippen LogP contribution in [0.2, 0.25) is 0 Å². The number of aryl methyl sites for hydroxylation is 1. The number of hydrogen-bond donors (Lipinski definition) is 1. The van der Waals surface area contributed by atoms with E-state index in [2.05, 4.69) is 31.3 Å². The predicted octanol–water partition coefficient (Wildman–Crippen LogP) is 3.38. The molecule has 1 atom stereocenters. The molecule has 1 N–H and O–H groups in total. The summed E-state index contributed by atoms with van der Waals surface area (Å²) in [5, 5.41) is 3.36. The average molecular weight is 263 g/mol. The van der Waals surface area contributed by atoms with Gasteiger partial charge in [0.05, 0.1) is 6.42 Å². The van der Waals surface area contributed by atoms with Gasteiger partial charge in [-0.05, 0) is 45.7 Å². The second kappa shape index (κ2) is 6.71.